The molecule has 0 saturated heterocycles. The number of phenols is 1. The van der Waals surface area contributed by atoms with Gasteiger partial charge in [-0.3, -0.25) is 14.5 Å². The molecule has 1 amide bonds. The van der Waals surface area contributed by atoms with Gasteiger partial charge in [0.25, 0.3) is 5.91 Å². The van der Waals surface area contributed by atoms with Gasteiger partial charge >= 0.3 is 0 Å². The lowest BCUT2D eigenvalue weighted by Gasteiger charge is -2.52. The highest BCUT2D eigenvalue weighted by molar-refractivity contribution is 6.13. The molecule has 216 valence electrons. The highest BCUT2D eigenvalue weighted by atomic mass is 19.1. The Labute approximate surface area is 237 Å². The molecule has 0 spiro atoms. The monoisotopic (exact) mass is 563 g/mol. The van der Waals surface area contributed by atoms with E-state index in [-0.39, 0.29) is 47.2 Å². The number of Topliss-reactive ketones (excluding diaryl/α,β-unsaturated/α-hetero) is 1. The van der Waals surface area contributed by atoms with Gasteiger partial charge in [-0.25, -0.2) is 4.39 Å². The molecule has 3 aliphatic rings. The Bertz CT molecular complexity index is 1520. The number of halogens is 1. The van der Waals surface area contributed by atoms with E-state index in [0.29, 0.717) is 6.54 Å². The van der Waals surface area contributed by atoms with Gasteiger partial charge in [-0.15, -0.1) is 0 Å². The van der Waals surface area contributed by atoms with Crippen LogP contribution in [-0.4, -0.2) is 69.3 Å². The maximum absolute atomic E-state index is 15.8. The summed E-state index contributed by atoms with van der Waals surface area (Å²) in [6.45, 7) is 4.47. The molecule has 2 aromatic rings. The summed E-state index contributed by atoms with van der Waals surface area (Å²) >= 11 is 0. The Morgan fingerprint density at radius 1 is 1.22 bits per heavy atom. The van der Waals surface area contributed by atoms with Crippen LogP contribution in [0.2, 0.25) is 0 Å². The van der Waals surface area contributed by atoms with Crippen molar-refractivity contribution in [2.75, 3.05) is 20.6 Å². The molecule has 0 bridgehead atoms. The zero-order valence-corrected chi connectivity index (χ0v) is 22.9. The number of allylic oxidation sites excluding steroid dienone is 1. The fourth-order valence-electron chi connectivity index (χ4n) is 6.75. The van der Waals surface area contributed by atoms with Gasteiger partial charge in [0.2, 0.25) is 0 Å². The Hall–Kier alpha value is -3.99. The van der Waals surface area contributed by atoms with Crippen LogP contribution in [0.5, 0.6) is 5.75 Å². The van der Waals surface area contributed by atoms with Crippen molar-refractivity contribution in [2.24, 2.45) is 17.6 Å². The number of phenolic OH excluding ortho intramolecular Hbond substituents is 1. The van der Waals surface area contributed by atoms with Crippen LogP contribution >= 0.6 is 0 Å². The number of hydrogen-bond donors (Lipinski definition) is 6. The first kappa shape index (κ1) is 28.5. The van der Waals surface area contributed by atoms with Gasteiger partial charge in [-0.2, -0.15) is 0 Å². The summed E-state index contributed by atoms with van der Waals surface area (Å²) in [6, 6.07) is 10.1. The molecule has 0 unspecified atom stereocenters. The topological polar surface area (TPSA) is 156 Å². The highest BCUT2D eigenvalue weighted by Crippen LogP contribution is 2.55. The SMILES string of the molecule is C=C1C(C(N)=O)=C(O)[C@@H](N(C)C)[C@@H]2C[C@@H]3Cc4c(F)c(CNCCc5ccccc5)cc(O)c4C(=O)C3=C(O)[C@]12O. The molecule has 0 heterocycles. The number of carbonyl (C=O) groups is 2. The van der Waals surface area contributed by atoms with E-state index in [0.717, 1.165) is 12.0 Å². The highest BCUT2D eigenvalue weighted by Gasteiger charge is 2.60. The summed E-state index contributed by atoms with van der Waals surface area (Å²) in [4.78, 5) is 27.5. The van der Waals surface area contributed by atoms with E-state index < -0.39 is 63.8 Å². The minimum atomic E-state index is -2.29. The lowest BCUT2D eigenvalue weighted by molar-refractivity contribution is -0.115. The molecule has 0 fully saturated rings. The van der Waals surface area contributed by atoms with Crippen molar-refractivity contribution in [3.05, 3.63) is 99.3 Å². The minimum Gasteiger partial charge on any atom is -0.510 e. The number of aliphatic hydroxyl groups is 3. The van der Waals surface area contributed by atoms with Crippen molar-refractivity contribution in [1.29, 1.82) is 0 Å². The molecule has 5 rings (SSSR count). The van der Waals surface area contributed by atoms with Crippen LogP contribution in [0.1, 0.15) is 33.5 Å². The molecule has 0 aromatic heterocycles. The van der Waals surface area contributed by atoms with E-state index in [1.54, 1.807) is 19.0 Å². The smallest absolute Gasteiger partial charge is 0.252 e. The van der Waals surface area contributed by atoms with Crippen LogP contribution in [-0.2, 0) is 24.2 Å². The predicted octanol–water partition coefficient (Wildman–Crippen LogP) is 2.58. The van der Waals surface area contributed by atoms with E-state index in [2.05, 4.69) is 11.9 Å². The van der Waals surface area contributed by atoms with E-state index in [1.807, 2.05) is 30.3 Å². The largest absolute Gasteiger partial charge is 0.510 e. The number of aliphatic hydroxyl groups excluding tert-OH is 2. The van der Waals surface area contributed by atoms with Crippen LogP contribution < -0.4 is 11.1 Å². The lowest BCUT2D eigenvalue weighted by Crippen LogP contribution is -2.60. The van der Waals surface area contributed by atoms with E-state index >= 15 is 4.39 Å². The number of ketones is 1. The van der Waals surface area contributed by atoms with Crippen molar-refractivity contribution >= 4 is 11.7 Å². The van der Waals surface area contributed by atoms with Gasteiger partial charge < -0.3 is 31.5 Å². The molecule has 4 atom stereocenters. The molecular formula is C31H34FN3O6. The Morgan fingerprint density at radius 3 is 2.54 bits per heavy atom. The van der Waals surface area contributed by atoms with Crippen molar-refractivity contribution in [3.8, 4) is 5.75 Å². The molecular weight excluding hydrogens is 529 g/mol. The maximum atomic E-state index is 15.8. The van der Waals surface area contributed by atoms with Gasteiger partial charge in [-0.05, 0) is 57.5 Å². The first-order chi connectivity index (χ1) is 19.4. The zero-order chi connectivity index (χ0) is 29.8. The fourth-order valence-corrected chi connectivity index (χ4v) is 6.75. The Morgan fingerprint density at radius 2 is 1.90 bits per heavy atom. The number of nitrogens with one attached hydrogen (secondary N) is 1. The van der Waals surface area contributed by atoms with Crippen LogP contribution in [0.15, 0.2) is 71.2 Å². The third kappa shape index (κ3) is 4.43. The number of nitrogens with two attached hydrogens (primary N) is 1. The maximum Gasteiger partial charge on any atom is 0.252 e. The second-order valence-electron chi connectivity index (χ2n) is 11.2. The Kier molecular flexibility index (Phi) is 7.27. The van der Waals surface area contributed by atoms with E-state index in [1.165, 1.54) is 6.07 Å². The predicted molar refractivity (Wildman–Crippen MR) is 150 cm³/mol. The van der Waals surface area contributed by atoms with Gasteiger partial charge in [0.05, 0.1) is 17.2 Å². The van der Waals surface area contributed by atoms with Gasteiger partial charge in [0, 0.05) is 34.7 Å². The zero-order valence-electron chi connectivity index (χ0n) is 22.9. The molecule has 10 heteroatoms. The molecule has 0 aliphatic heterocycles. The molecule has 3 aliphatic carbocycles. The number of carbonyl (C=O) groups excluding carboxylic acids is 2. The number of aromatic hydroxyl groups is 1. The average Bonchev–Trinajstić information content (AvgIpc) is 2.91. The number of fused-ring (bicyclic) bond motifs is 3. The first-order valence-corrected chi connectivity index (χ1v) is 13.5. The minimum absolute atomic E-state index is 0.0237. The number of hydrogen-bond acceptors (Lipinski definition) is 8. The standard InChI is InChI=1S/C31H34FN3O6/c1-15-22(30(33)40)28(38)26(35(2)3)20-12-17-11-19-24(27(37)23(17)29(39)31(15,20)41)21(36)13-18(25(19)32)14-34-10-9-16-7-5-4-6-8-16/h4-8,13,17,20,26,34,36,38-39,41H,1,9-12,14H2,2-3H3,(H2,33,40)/t17-,20-,26-,31-/m0/s1. The van der Waals surface area contributed by atoms with Crippen molar-refractivity contribution < 1.29 is 34.4 Å². The van der Waals surface area contributed by atoms with Gasteiger partial charge in [0.15, 0.2) is 11.4 Å². The van der Waals surface area contributed by atoms with Crippen LogP contribution in [0.4, 0.5) is 4.39 Å². The average molecular weight is 564 g/mol. The summed E-state index contributed by atoms with van der Waals surface area (Å²) in [5, 5.41) is 48.3. The molecule has 7 N–H and O–H groups in total. The lowest BCUT2D eigenvalue weighted by atomic mass is 9.57. The summed E-state index contributed by atoms with van der Waals surface area (Å²) < 4.78 is 15.8. The summed E-state index contributed by atoms with van der Waals surface area (Å²) in [7, 11) is 3.25. The summed E-state index contributed by atoms with van der Waals surface area (Å²) in [5.41, 5.74) is 3.38. The number of amides is 1. The molecule has 41 heavy (non-hydrogen) atoms. The normalized spacial score (nSPS) is 25.7. The number of rotatable bonds is 7. The molecule has 9 nitrogen and oxygen atoms in total. The first-order valence-electron chi connectivity index (χ1n) is 13.5. The third-order valence-electron chi connectivity index (χ3n) is 8.67. The number of likely N-dealkylation sites (N-methyl/N-ethyl adjacent to an activating group) is 1. The summed E-state index contributed by atoms with van der Waals surface area (Å²) in [5.74, 6) is -5.69. The third-order valence-corrected chi connectivity index (χ3v) is 8.67. The van der Waals surface area contributed by atoms with E-state index in [9.17, 15) is 30.0 Å². The van der Waals surface area contributed by atoms with Crippen LogP contribution in [0.25, 0.3) is 0 Å². The van der Waals surface area contributed by atoms with Crippen molar-refractivity contribution in [1.82, 2.24) is 10.2 Å². The number of benzene rings is 2. The van der Waals surface area contributed by atoms with Crippen molar-refractivity contribution in [3.63, 3.8) is 0 Å². The second kappa shape index (κ2) is 10.4. The molecule has 2 aromatic carbocycles. The summed E-state index contributed by atoms with van der Waals surface area (Å²) in [6.07, 6.45) is 0.762. The van der Waals surface area contributed by atoms with Gasteiger partial charge in [-0.1, -0.05) is 36.9 Å². The fraction of sp³-hybridized carbons (Fsp3) is 0.355. The van der Waals surface area contributed by atoms with Crippen LogP contribution in [0.3, 0.4) is 0 Å². The second-order valence-corrected chi connectivity index (χ2v) is 11.2. The quantitative estimate of drug-likeness (QED) is 0.281. The van der Waals surface area contributed by atoms with E-state index in [4.69, 9.17) is 5.73 Å². The van der Waals surface area contributed by atoms with Crippen LogP contribution in [0, 0.1) is 17.7 Å². The Balaban J connectivity index is 1.50. The molecule has 0 radical (unpaired) electrons. The van der Waals surface area contributed by atoms with Crippen molar-refractivity contribution in [2.45, 2.75) is 37.5 Å². The number of nitrogens with zero attached hydrogens (tertiary/aromatic N) is 1. The molecule has 0 saturated carbocycles. The number of primary amides is 1. The van der Waals surface area contributed by atoms with Gasteiger partial charge in [0.1, 0.15) is 23.1 Å².